The molecule has 0 saturated carbocycles. The van der Waals surface area contributed by atoms with Crippen LogP contribution in [0.25, 0.3) is 4.96 Å². The molecule has 0 atom stereocenters. The molecule has 6 nitrogen and oxygen atoms in total. The number of carbonyl (C=O) groups is 1. The highest BCUT2D eigenvalue weighted by Gasteiger charge is 2.31. The Balaban J connectivity index is 1.72. The Kier molecular flexibility index (Phi) is 4.45. The van der Waals surface area contributed by atoms with Crippen molar-refractivity contribution in [2.24, 2.45) is 0 Å². The standard InChI is InChI=1S/C15H10F3N3O3S/c16-15(17,18)24-10-3-1-2-9(6-10)7-19-12(22)11-8-20-14-21(13(11)23)4-5-25-14/h1-6,8H,7H2,(H,19,22). The smallest absolute Gasteiger partial charge is 0.406 e. The van der Waals surface area contributed by atoms with Crippen molar-refractivity contribution < 1.29 is 22.7 Å². The van der Waals surface area contributed by atoms with Gasteiger partial charge < -0.3 is 10.1 Å². The Morgan fingerprint density at radius 1 is 1.36 bits per heavy atom. The van der Waals surface area contributed by atoms with E-state index in [0.29, 0.717) is 10.5 Å². The minimum absolute atomic E-state index is 0.0698. The van der Waals surface area contributed by atoms with Crippen molar-refractivity contribution in [3.8, 4) is 5.75 Å². The lowest BCUT2D eigenvalue weighted by Crippen LogP contribution is -2.30. The van der Waals surface area contributed by atoms with Crippen LogP contribution in [0.3, 0.4) is 0 Å². The van der Waals surface area contributed by atoms with Gasteiger partial charge in [-0.15, -0.1) is 24.5 Å². The SMILES string of the molecule is O=C(NCc1cccc(OC(F)(F)F)c1)c1cnc2sccn2c1=O. The van der Waals surface area contributed by atoms with E-state index < -0.39 is 17.8 Å². The van der Waals surface area contributed by atoms with Crippen LogP contribution in [-0.4, -0.2) is 21.7 Å². The first kappa shape index (κ1) is 17.0. The van der Waals surface area contributed by atoms with E-state index in [-0.39, 0.29) is 17.9 Å². The lowest BCUT2D eigenvalue weighted by molar-refractivity contribution is -0.274. The van der Waals surface area contributed by atoms with Crippen molar-refractivity contribution in [3.05, 3.63) is 63.5 Å². The van der Waals surface area contributed by atoms with E-state index in [0.717, 1.165) is 12.1 Å². The fourth-order valence-corrected chi connectivity index (χ4v) is 2.79. The molecule has 3 aromatic rings. The van der Waals surface area contributed by atoms with E-state index >= 15 is 0 Å². The molecule has 1 aromatic carbocycles. The number of carbonyl (C=O) groups excluding carboxylic acids is 1. The first-order valence-electron chi connectivity index (χ1n) is 6.91. The predicted molar refractivity (Wildman–Crippen MR) is 83.6 cm³/mol. The van der Waals surface area contributed by atoms with E-state index in [4.69, 9.17) is 0 Å². The van der Waals surface area contributed by atoms with Crippen LogP contribution in [0.2, 0.25) is 0 Å². The molecular weight excluding hydrogens is 359 g/mol. The van der Waals surface area contributed by atoms with Crippen LogP contribution in [0.1, 0.15) is 15.9 Å². The Bertz CT molecular complexity index is 981. The Hall–Kier alpha value is -2.88. The third-order valence-corrected chi connectivity index (χ3v) is 3.94. The molecule has 0 radical (unpaired) electrons. The molecule has 0 saturated heterocycles. The Morgan fingerprint density at radius 2 is 2.16 bits per heavy atom. The normalized spacial score (nSPS) is 11.5. The second-order valence-corrected chi connectivity index (χ2v) is 5.78. The van der Waals surface area contributed by atoms with Crippen molar-refractivity contribution in [2.75, 3.05) is 0 Å². The van der Waals surface area contributed by atoms with Crippen LogP contribution in [-0.2, 0) is 6.54 Å². The predicted octanol–water partition coefficient (Wildman–Crippen LogP) is 2.58. The van der Waals surface area contributed by atoms with Crippen LogP contribution >= 0.6 is 11.3 Å². The van der Waals surface area contributed by atoms with Crippen LogP contribution in [0.4, 0.5) is 13.2 Å². The molecule has 0 aliphatic heterocycles. The number of rotatable bonds is 4. The molecule has 3 rings (SSSR count). The van der Waals surface area contributed by atoms with Gasteiger partial charge >= 0.3 is 6.36 Å². The van der Waals surface area contributed by atoms with Gasteiger partial charge in [-0.05, 0) is 17.7 Å². The van der Waals surface area contributed by atoms with E-state index in [9.17, 15) is 22.8 Å². The van der Waals surface area contributed by atoms with Gasteiger partial charge in [-0.1, -0.05) is 12.1 Å². The monoisotopic (exact) mass is 369 g/mol. The highest BCUT2D eigenvalue weighted by Crippen LogP contribution is 2.23. The molecule has 0 aliphatic rings. The molecule has 0 unspecified atom stereocenters. The number of nitrogens with one attached hydrogen (secondary N) is 1. The number of hydrogen-bond donors (Lipinski definition) is 1. The van der Waals surface area contributed by atoms with E-state index in [2.05, 4.69) is 15.0 Å². The van der Waals surface area contributed by atoms with Crippen LogP contribution in [0, 0.1) is 0 Å². The first-order chi connectivity index (χ1) is 11.8. The number of fused-ring (bicyclic) bond motifs is 1. The minimum atomic E-state index is -4.79. The van der Waals surface area contributed by atoms with Gasteiger partial charge in [-0.2, -0.15) is 0 Å². The largest absolute Gasteiger partial charge is 0.573 e. The fourth-order valence-electron chi connectivity index (χ4n) is 2.11. The summed E-state index contributed by atoms with van der Waals surface area (Å²) in [5, 5.41) is 4.14. The number of hydrogen-bond acceptors (Lipinski definition) is 5. The van der Waals surface area contributed by atoms with E-state index in [1.807, 2.05) is 0 Å². The highest BCUT2D eigenvalue weighted by molar-refractivity contribution is 7.15. The number of nitrogens with zero attached hydrogens (tertiary/aromatic N) is 2. The summed E-state index contributed by atoms with van der Waals surface area (Å²) in [5.74, 6) is -1.05. The number of amides is 1. The summed E-state index contributed by atoms with van der Waals surface area (Å²) in [5.41, 5.74) is -0.281. The summed E-state index contributed by atoms with van der Waals surface area (Å²) in [7, 11) is 0. The maximum Gasteiger partial charge on any atom is 0.573 e. The highest BCUT2D eigenvalue weighted by atomic mass is 32.1. The van der Waals surface area contributed by atoms with Crippen molar-refractivity contribution in [3.63, 3.8) is 0 Å². The second-order valence-electron chi connectivity index (χ2n) is 4.91. The zero-order valence-electron chi connectivity index (χ0n) is 12.4. The summed E-state index contributed by atoms with van der Waals surface area (Å²) in [4.78, 5) is 28.8. The van der Waals surface area contributed by atoms with Gasteiger partial charge in [0.15, 0.2) is 4.96 Å². The van der Waals surface area contributed by atoms with E-state index in [1.165, 1.54) is 40.3 Å². The molecule has 10 heteroatoms. The Morgan fingerprint density at radius 3 is 2.92 bits per heavy atom. The molecule has 0 bridgehead atoms. The zero-order valence-corrected chi connectivity index (χ0v) is 13.2. The summed E-state index contributed by atoms with van der Waals surface area (Å²) in [6.45, 7) is -0.0698. The Labute approximate surface area is 142 Å². The van der Waals surface area contributed by atoms with Crippen molar-refractivity contribution in [1.82, 2.24) is 14.7 Å². The molecule has 1 amide bonds. The summed E-state index contributed by atoms with van der Waals surface area (Å²) in [6, 6.07) is 5.20. The molecule has 0 fully saturated rings. The molecule has 25 heavy (non-hydrogen) atoms. The summed E-state index contributed by atoms with van der Waals surface area (Å²) >= 11 is 1.25. The van der Waals surface area contributed by atoms with Gasteiger partial charge in [-0.25, -0.2) is 4.98 Å². The molecule has 0 aliphatic carbocycles. The average molecular weight is 369 g/mol. The van der Waals surface area contributed by atoms with Crippen LogP contribution < -0.4 is 15.6 Å². The third kappa shape index (κ3) is 3.97. The summed E-state index contributed by atoms with van der Waals surface area (Å²) in [6.07, 6.45) is -2.12. The number of thiazole rings is 1. The van der Waals surface area contributed by atoms with Crippen LogP contribution in [0.15, 0.2) is 46.8 Å². The van der Waals surface area contributed by atoms with Gasteiger partial charge in [0, 0.05) is 24.3 Å². The quantitative estimate of drug-likeness (QED) is 0.767. The molecule has 2 aromatic heterocycles. The molecule has 2 heterocycles. The number of aromatic nitrogens is 2. The van der Waals surface area contributed by atoms with Gasteiger partial charge in [0.05, 0.1) is 0 Å². The average Bonchev–Trinajstić information content (AvgIpc) is 3.01. The number of alkyl halides is 3. The zero-order chi connectivity index (χ0) is 18.0. The van der Waals surface area contributed by atoms with E-state index in [1.54, 1.807) is 5.38 Å². The van der Waals surface area contributed by atoms with Crippen molar-refractivity contribution in [1.29, 1.82) is 0 Å². The molecule has 130 valence electrons. The van der Waals surface area contributed by atoms with Gasteiger partial charge in [0.1, 0.15) is 11.3 Å². The number of ether oxygens (including phenoxy) is 1. The fraction of sp³-hybridized carbons (Fsp3) is 0.133. The van der Waals surface area contributed by atoms with Crippen molar-refractivity contribution in [2.45, 2.75) is 12.9 Å². The lowest BCUT2D eigenvalue weighted by Gasteiger charge is -2.10. The summed E-state index contributed by atoms with van der Waals surface area (Å²) < 4.78 is 41.7. The number of benzene rings is 1. The van der Waals surface area contributed by atoms with Gasteiger partial charge in [0.25, 0.3) is 11.5 Å². The minimum Gasteiger partial charge on any atom is -0.406 e. The van der Waals surface area contributed by atoms with Crippen LogP contribution in [0.5, 0.6) is 5.75 Å². The van der Waals surface area contributed by atoms with Crippen molar-refractivity contribution >= 4 is 22.2 Å². The second kappa shape index (κ2) is 6.55. The lowest BCUT2D eigenvalue weighted by atomic mass is 10.2. The molecule has 1 N–H and O–H groups in total. The third-order valence-electron chi connectivity index (χ3n) is 3.17. The topological polar surface area (TPSA) is 72.7 Å². The first-order valence-corrected chi connectivity index (χ1v) is 7.79. The maximum atomic E-state index is 12.2. The molecular formula is C15H10F3N3O3S. The van der Waals surface area contributed by atoms with Gasteiger partial charge in [0.2, 0.25) is 0 Å². The maximum absolute atomic E-state index is 12.2. The molecule has 0 spiro atoms. The number of halogens is 3. The van der Waals surface area contributed by atoms with Gasteiger partial charge in [-0.3, -0.25) is 14.0 Å².